The monoisotopic (exact) mass is 186 g/mol. The lowest BCUT2D eigenvalue weighted by Gasteiger charge is -2.03. The molecule has 0 saturated carbocycles. The molecule has 2 heteroatoms. The Morgan fingerprint density at radius 3 is 2.57 bits per heavy atom. The Kier molecular flexibility index (Phi) is 2.63. The SMILES string of the molecule is CCCc1ccc(-n2ccnc2)cc1. The highest BCUT2D eigenvalue weighted by molar-refractivity contribution is 5.34. The second-order valence-corrected chi connectivity index (χ2v) is 3.39. The standard InChI is InChI=1S/C12H14N2/c1-2-3-11-4-6-12(7-5-11)14-9-8-13-10-14/h4-10H,2-3H2,1H3. The van der Waals surface area contributed by atoms with Crippen LogP contribution in [-0.2, 0) is 6.42 Å². The molecule has 0 aliphatic rings. The first kappa shape index (κ1) is 9.00. The maximum absolute atomic E-state index is 4.02. The fraction of sp³-hybridized carbons (Fsp3) is 0.250. The third kappa shape index (κ3) is 1.84. The Balaban J connectivity index is 2.22. The highest BCUT2D eigenvalue weighted by atomic mass is 15.0. The van der Waals surface area contributed by atoms with Gasteiger partial charge in [0.25, 0.3) is 0 Å². The van der Waals surface area contributed by atoms with Gasteiger partial charge in [-0.2, -0.15) is 0 Å². The molecule has 0 aliphatic heterocycles. The van der Waals surface area contributed by atoms with Gasteiger partial charge in [-0.25, -0.2) is 4.98 Å². The number of hydrogen-bond donors (Lipinski definition) is 0. The van der Waals surface area contributed by atoms with Crippen molar-refractivity contribution in [2.45, 2.75) is 19.8 Å². The van der Waals surface area contributed by atoms with Crippen molar-refractivity contribution in [1.82, 2.24) is 9.55 Å². The zero-order valence-electron chi connectivity index (χ0n) is 8.35. The molecule has 0 spiro atoms. The minimum absolute atomic E-state index is 1.16. The number of aryl methyl sites for hydroxylation is 1. The molecule has 0 aliphatic carbocycles. The van der Waals surface area contributed by atoms with Crippen molar-refractivity contribution in [2.24, 2.45) is 0 Å². The van der Waals surface area contributed by atoms with E-state index in [1.54, 1.807) is 6.20 Å². The molecule has 0 radical (unpaired) electrons. The molecular weight excluding hydrogens is 172 g/mol. The van der Waals surface area contributed by atoms with Gasteiger partial charge in [-0.1, -0.05) is 25.5 Å². The molecule has 1 aromatic carbocycles. The van der Waals surface area contributed by atoms with E-state index in [0.717, 1.165) is 6.42 Å². The molecule has 1 aromatic heterocycles. The molecular formula is C12H14N2. The van der Waals surface area contributed by atoms with E-state index in [2.05, 4.69) is 36.2 Å². The van der Waals surface area contributed by atoms with Crippen LogP contribution in [0.2, 0.25) is 0 Å². The fourth-order valence-corrected chi connectivity index (χ4v) is 1.54. The van der Waals surface area contributed by atoms with E-state index in [4.69, 9.17) is 0 Å². The van der Waals surface area contributed by atoms with Crippen molar-refractivity contribution in [2.75, 3.05) is 0 Å². The van der Waals surface area contributed by atoms with Crippen LogP contribution in [0.15, 0.2) is 43.0 Å². The molecule has 1 heterocycles. The van der Waals surface area contributed by atoms with Gasteiger partial charge in [0.1, 0.15) is 0 Å². The summed E-state index contributed by atoms with van der Waals surface area (Å²) >= 11 is 0. The van der Waals surface area contributed by atoms with Crippen molar-refractivity contribution in [1.29, 1.82) is 0 Å². The van der Waals surface area contributed by atoms with Gasteiger partial charge in [0.15, 0.2) is 0 Å². The van der Waals surface area contributed by atoms with E-state index < -0.39 is 0 Å². The summed E-state index contributed by atoms with van der Waals surface area (Å²) in [6, 6.07) is 8.62. The minimum atomic E-state index is 1.16. The molecule has 0 N–H and O–H groups in total. The number of aromatic nitrogens is 2. The van der Waals surface area contributed by atoms with Crippen molar-refractivity contribution >= 4 is 0 Å². The molecule has 2 rings (SSSR count). The summed E-state index contributed by atoms with van der Waals surface area (Å²) in [4.78, 5) is 4.02. The van der Waals surface area contributed by atoms with Gasteiger partial charge < -0.3 is 4.57 Å². The third-order valence-electron chi connectivity index (χ3n) is 2.28. The Morgan fingerprint density at radius 2 is 2.00 bits per heavy atom. The van der Waals surface area contributed by atoms with Crippen LogP contribution in [0.1, 0.15) is 18.9 Å². The first-order valence-electron chi connectivity index (χ1n) is 4.97. The quantitative estimate of drug-likeness (QED) is 0.720. The van der Waals surface area contributed by atoms with Crippen LogP contribution in [0.4, 0.5) is 0 Å². The Bertz CT molecular complexity index is 373. The normalized spacial score (nSPS) is 10.4. The zero-order valence-corrected chi connectivity index (χ0v) is 8.35. The van der Waals surface area contributed by atoms with E-state index >= 15 is 0 Å². The maximum Gasteiger partial charge on any atom is 0.0991 e. The zero-order chi connectivity index (χ0) is 9.80. The molecule has 0 bridgehead atoms. The summed E-state index contributed by atoms with van der Waals surface area (Å²) in [7, 11) is 0. The topological polar surface area (TPSA) is 17.8 Å². The van der Waals surface area contributed by atoms with Gasteiger partial charge >= 0.3 is 0 Å². The lowest BCUT2D eigenvalue weighted by Crippen LogP contribution is -1.90. The van der Waals surface area contributed by atoms with Gasteiger partial charge in [-0.3, -0.25) is 0 Å². The van der Waals surface area contributed by atoms with E-state index in [-0.39, 0.29) is 0 Å². The summed E-state index contributed by atoms with van der Waals surface area (Å²) in [5.74, 6) is 0. The molecule has 2 nitrogen and oxygen atoms in total. The van der Waals surface area contributed by atoms with E-state index in [9.17, 15) is 0 Å². The van der Waals surface area contributed by atoms with Crippen LogP contribution >= 0.6 is 0 Å². The lowest BCUT2D eigenvalue weighted by molar-refractivity contribution is 0.919. The van der Waals surface area contributed by atoms with E-state index in [1.807, 2.05) is 17.1 Å². The van der Waals surface area contributed by atoms with Crippen molar-refractivity contribution in [3.05, 3.63) is 48.5 Å². The fourth-order valence-electron chi connectivity index (χ4n) is 1.54. The second kappa shape index (κ2) is 4.09. The van der Waals surface area contributed by atoms with Crippen LogP contribution in [0.3, 0.4) is 0 Å². The van der Waals surface area contributed by atoms with Gasteiger partial charge in [-0.05, 0) is 24.1 Å². The number of imidazole rings is 1. The average molecular weight is 186 g/mol. The van der Waals surface area contributed by atoms with Crippen LogP contribution in [0.25, 0.3) is 5.69 Å². The summed E-state index contributed by atoms with van der Waals surface area (Å²) in [6.45, 7) is 2.20. The summed E-state index contributed by atoms with van der Waals surface area (Å²) < 4.78 is 2.01. The highest BCUT2D eigenvalue weighted by Gasteiger charge is 1.95. The van der Waals surface area contributed by atoms with Crippen molar-refractivity contribution < 1.29 is 0 Å². The van der Waals surface area contributed by atoms with Crippen LogP contribution in [0, 0.1) is 0 Å². The first-order valence-corrected chi connectivity index (χ1v) is 4.97. The van der Waals surface area contributed by atoms with Crippen LogP contribution in [-0.4, -0.2) is 9.55 Å². The second-order valence-electron chi connectivity index (χ2n) is 3.39. The van der Waals surface area contributed by atoms with E-state index in [1.165, 1.54) is 17.7 Å². The predicted molar refractivity (Wildman–Crippen MR) is 57.6 cm³/mol. The highest BCUT2D eigenvalue weighted by Crippen LogP contribution is 2.10. The Labute approximate surface area is 84.2 Å². The number of rotatable bonds is 3. The number of nitrogens with zero attached hydrogens (tertiary/aromatic N) is 2. The molecule has 0 amide bonds. The van der Waals surface area contributed by atoms with E-state index in [0.29, 0.717) is 0 Å². The third-order valence-corrected chi connectivity index (χ3v) is 2.28. The maximum atomic E-state index is 4.02. The van der Waals surface area contributed by atoms with Gasteiger partial charge in [0.05, 0.1) is 6.33 Å². The van der Waals surface area contributed by atoms with Gasteiger partial charge in [0, 0.05) is 18.1 Å². The van der Waals surface area contributed by atoms with Gasteiger partial charge in [0.2, 0.25) is 0 Å². The Morgan fingerprint density at radius 1 is 1.21 bits per heavy atom. The molecule has 0 saturated heterocycles. The van der Waals surface area contributed by atoms with Crippen LogP contribution < -0.4 is 0 Å². The first-order chi connectivity index (χ1) is 6.90. The molecule has 0 fully saturated rings. The molecule has 72 valence electrons. The Hall–Kier alpha value is -1.57. The largest absolute Gasteiger partial charge is 0.306 e. The van der Waals surface area contributed by atoms with Gasteiger partial charge in [-0.15, -0.1) is 0 Å². The molecule has 14 heavy (non-hydrogen) atoms. The predicted octanol–water partition coefficient (Wildman–Crippen LogP) is 2.82. The van der Waals surface area contributed by atoms with Crippen molar-refractivity contribution in [3.8, 4) is 5.69 Å². The smallest absolute Gasteiger partial charge is 0.0991 e. The number of benzene rings is 1. The molecule has 0 atom stereocenters. The minimum Gasteiger partial charge on any atom is -0.306 e. The average Bonchev–Trinajstić information content (AvgIpc) is 2.72. The number of hydrogen-bond acceptors (Lipinski definition) is 1. The molecule has 0 unspecified atom stereocenters. The van der Waals surface area contributed by atoms with Crippen LogP contribution in [0.5, 0.6) is 0 Å². The van der Waals surface area contributed by atoms with Crippen molar-refractivity contribution in [3.63, 3.8) is 0 Å². The summed E-state index contributed by atoms with van der Waals surface area (Å²) in [6.07, 6.45) is 7.91. The molecule has 2 aromatic rings. The lowest BCUT2D eigenvalue weighted by atomic mass is 10.1. The summed E-state index contributed by atoms with van der Waals surface area (Å²) in [5.41, 5.74) is 2.57. The summed E-state index contributed by atoms with van der Waals surface area (Å²) in [5, 5.41) is 0.